The second kappa shape index (κ2) is 6.81. The third-order valence-corrected chi connectivity index (χ3v) is 5.03. The maximum Gasteiger partial charge on any atom is 0.187 e. The molecular formula is C18H24N4OS. The quantitative estimate of drug-likeness (QED) is 0.385. The molecule has 0 saturated heterocycles. The van der Waals surface area contributed by atoms with Gasteiger partial charge in [0.1, 0.15) is 5.75 Å². The van der Waals surface area contributed by atoms with E-state index in [1.54, 1.807) is 18.3 Å². The molecule has 0 heterocycles. The lowest BCUT2D eigenvalue weighted by atomic mass is 9.99. The normalized spacial score (nSPS) is 21.9. The van der Waals surface area contributed by atoms with Gasteiger partial charge < -0.3 is 15.4 Å². The number of hydrogen-bond donors (Lipinski definition) is 1. The molecule has 128 valence electrons. The van der Waals surface area contributed by atoms with Crippen molar-refractivity contribution in [2.24, 2.45) is 16.8 Å². The fourth-order valence-electron chi connectivity index (χ4n) is 3.52. The van der Waals surface area contributed by atoms with Gasteiger partial charge in [0.25, 0.3) is 0 Å². The van der Waals surface area contributed by atoms with Crippen molar-refractivity contribution in [2.75, 3.05) is 26.1 Å². The number of anilines is 1. The lowest BCUT2D eigenvalue weighted by Crippen LogP contribution is -2.42. The van der Waals surface area contributed by atoms with E-state index in [0.717, 1.165) is 36.3 Å². The van der Waals surface area contributed by atoms with E-state index in [2.05, 4.69) is 11.2 Å². The Hall–Kier alpha value is -2.08. The first-order valence-corrected chi connectivity index (χ1v) is 8.56. The molecule has 0 amide bonds. The Labute approximate surface area is 148 Å². The van der Waals surface area contributed by atoms with Crippen molar-refractivity contribution in [3.05, 3.63) is 35.4 Å². The summed E-state index contributed by atoms with van der Waals surface area (Å²) in [6.07, 6.45) is 7.40. The number of nitrogens with zero attached hydrogens (tertiary/aromatic N) is 3. The summed E-state index contributed by atoms with van der Waals surface area (Å²) in [5.41, 5.74) is 9.43. The van der Waals surface area contributed by atoms with Crippen molar-refractivity contribution in [1.82, 2.24) is 5.01 Å². The van der Waals surface area contributed by atoms with E-state index in [9.17, 15) is 0 Å². The molecule has 2 aliphatic rings. The molecule has 2 aliphatic carbocycles. The molecule has 2 N–H and O–H groups in total. The summed E-state index contributed by atoms with van der Waals surface area (Å²) in [7, 11) is 5.67. The van der Waals surface area contributed by atoms with Gasteiger partial charge in [-0.05, 0) is 49.5 Å². The fraction of sp³-hybridized carbons (Fsp3) is 0.444. The maximum atomic E-state index is 5.93. The van der Waals surface area contributed by atoms with Crippen molar-refractivity contribution in [1.29, 1.82) is 0 Å². The Balaban J connectivity index is 1.82. The van der Waals surface area contributed by atoms with Crippen LogP contribution in [0.25, 0.3) is 0 Å². The third-order valence-electron chi connectivity index (χ3n) is 4.84. The standard InChI is InChI=1S/C18H24N4OS/c1-21(2)15-7-6-14(17(10-15)23-3)11-20-22(18(19)24)16-9-12-4-5-13(16)8-12/h4,6-7,10-11,13,16H,5,8-9H2,1-3H3,(H2,19,24)/t13?,16-/m0/s1. The maximum absolute atomic E-state index is 5.93. The van der Waals surface area contributed by atoms with E-state index < -0.39 is 0 Å². The minimum absolute atomic E-state index is 0.283. The topological polar surface area (TPSA) is 54.1 Å². The number of rotatable bonds is 5. The van der Waals surface area contributed by atoms with E-state index in [0.29, 0.717) is 11.0 Å². The summed E-state index contributed by atoms with van der Waals surface area (Å²) >= 11 is 5.23. The number of fused-ring (bicyclic) bond motifs is 2. The monoisotopic (exact) mass is 344 g/mol. The second-order valence-corrected chi connectivity index (χ2v) is 7.00. The highest BCUT2D eigenvalue weighted by Crippen LogP contribution is 2.42. The molecule has 0 aliphatic heterocycles. The second-order valence-electron chi connectivity index (χ2n) is 6.58. The molecule has 6 heteroatoms. The smallest absolute Gasteiger partial charge is 0.187 e. The van der Waals surface area contributed by atoms with Crippen LogP contribution in [0.1, 0.15) is 24.8 Å². The first-order valence-electron chi connectivity index (χ1n) is 8.15. The van der Waals surface area contributed by atoms with Crippen LogP contribution in [0.4, 0.5) is 5.69 Å². The zero-order valence-electron chi connectivity index (χ0n) is 14.4. The van der Waals surface area contributed by atoms with Crippen LogP contribution < -0.4 is 15.4 Å². The molecule has 3 rings (SSSR count). The molecule has 1 saturated carbocycles. The predicted octanol–water partition coefficient (Wildman–Crippen LogP) is 2.75. The summed E-state index contributed by atoms with van der Waals surface area (Å²) in [6, 6.07) is 6.32. The first kappa shape index (κ1) is 16.8. The molecule has 2 atom stereocenters. The highest BCUT2D eigenvalue weighted by atomic mass is 32.1. The summed E-state index contributed by atoms with van der Waals surface area (Å²) < 4.78 is 5.49. The molecule has 2 bridgehead atoms. The van der Waals surface area contributed by atoms with E-state index in [1.165, 1.54) is 5.57 Å². The van der Waals surface area contributed by atoms with Gasteiger partial charge in [-0.3, -0.25) is 0 Å². The number of allylic oxidation sites excluding steroid dienone is 1. The van der Waals surface area contributed by atoms with Gasteiger partial charge in [0, 0.05) is 31.4 Å². The van der Waals surface area contributed by atoms with E-state index >= 15 is 0 Å². The highest BCUT2D eigenvalue weighted by molar-refractivity contribution is 7.80. The van der Waals surface area contributed by atoms with Crippen molar-refractivity contribution in [2.45, 2.75) is 25.3 Å². The average molecular weight is 344 g/mol. The number of thiocarbonyl (C=S) groups is 1. The van der Waals surface area contributed by atoms with Crippen LogP contribution in [-0.2, 0) is 0 Å². The number of methoxy groups -OCH3 is 1. The number of hydrogen-bond acceptors (Lipinski definition) is 4. The van der Waals surface area contributed by atoms with Gasteiger partial charge in [-0.25, -0.2) is 5.01 Å². The summed E-state index contributed by atoms with van der Waals surface area (Å²) in [5.74, 6) is 1.36. The van der Waals surface area contributed by atoms with Crippen LogP contribution in [0.3, 0.4) is 0 Å². The van der Waals surface area contributed by atoms with Crippen LogP contribution in [-0.4, -0.2) is 43.6 Å². The minimum atomic E-state index is 0.283. The lowest BCUT2D eigenvalue weighted by Gasteiger charge is -2.29. The Kier molecular flexibility index (Phi) is 4.76. The van der Waals surface area contributed by atoms with E-state index in [4.69, 9.17) is 22.7 Å². The molecular weight excluding hydrogens is 320 g/mol. The van der Waals surface area contributed by atoms with Crippen LogP contribution >= 0.6 is 12.2 Å². The van der Waals surface area contributed by atoms with Crippen molar-refractivity contribution in [3.63, 3.8) is 0 Å². The Morgan fingerprint density at radius 2 is 2.17 bits per heavy atom. The number of benzene rings is 1. The largest absolute Gasteiger partial charge is 0.496 e. The Bertz CT molecular complexity index is 698. The molecule has 0 aromatic heterocycles. The summed E-state index contributed by atoms with van der Waals surface area (Å²) in [4.78, 5) is 2.04. The van der Waals surface area contributed by atoms with Crippen molar-refractivity contribution < 1.29 is 4.74 Å². The predicted molar refractivity (Wildman–Crippen MR) is 103 cm³/mol. The molecule has 1 aromatic rings. The molecule has 1 fully saturated rings. The Morgan fingerprint density at radius 1 is 1.38 bits per heavy atom. The first-order chi connectivity index (χ1) is 11.5. The third kappa shape index (κ3) is 3.24. The van der Waals surface area contributed by atoms with Crippen molar-refractivity contribution >= 4 is 29.2 Å². The molecule has 5 nitrogen and oxygen atoms in total. The fourth-order valence-corrected chi connectivity index (χ4v) is 3.70. The van der Waals surface area contributed by atoms with Crippen LogP contribution in [0.15, 0.2) is 34.9 Å². The summed E-state index contributed by atoms with van der Waals surface area (Å²) in [6.45, 7) is 0. The molecule has 24 heavy (non-hydrogen) atoms. The zero-order chi connectivity index (χ0) is 17.3. The number of ether oxygens (including phenoxy) is 1. The van der Waals surface area contributed by atoms with Crippen LogP contribution in [0.2, 0.25) is 0 Å². The van der Waals surface area contributed by atoms with Gasteiger partial charge in [0.2, 0.25) is 0 Å². The van der Waals surface area contributed by atoms with Gasteiger partial charge >= 0.3 is 0 Å². The summed E-state index contributed by atoms with van der Waals surface area (Å²) in [5, 5.41) is 6.73. The zero-order valence-corrected chi connectivity index (χ0v) is 15.2. The van der Waals surface area contributed by atoms with Gasteiger partial charge in [0.05, 0.1) is 19.4 Å². The minimum Gasteiger partial charge on any atom is -0.496 e. The lowest BCUT2D eigenvalue weighted by molar-refractivity contribution is 0.264. The molecule has 0 spiro atoms. The van der Waals surface area contributed by atoms with E-state index in [1.807, 2.05) is 37.2 Å². The van der Waals surface area contributed by atoms with Crippen LogP contribution in [0, 0.1) is 5.92 Å². The van der Waals surface area contributed by atoms with Crippen molar-refractivity contribution in [3.8, 4) is 5.75 Å². The van der Waals surface area contributed by atoms with Gasteiger partial charge in [-0.15, -0.1) is 0 Å². The Morgan fingerprint density at radius 3 is 2.71 bits per heavy atom. The highest BCUT2D eigenvalue weighted by Gasteiger charge is 2.38. The van der Waals surface area contributed by atoms with Gasteiger partial charge in [-0.1, -0.05) is 11.6 Å². The molecule has 1 unspecified atom stereocenters. The van der Waals surface area contributed by atoms with Gasteiger partial charge in [0.15, 0.2) is 5.11 Å². The average Bonchev–Trinajstić information content (AvgIpc) is 3.17. The van der Waals surface area contributed by atoms with Crippen LogP contribution in [0.5, 0.6) is 5.75 Å². The molecule has 1 aromatic carbocycles. The number of hydrazone groups is 1. The van der Waals surface area contributed by atoms with E-state index in [-0.39, 0.29) is 6.04 Å². The number of nitrogens with two attached hydrogens (primary N) is 1. The molecule has 0 radical (unpaired) electrons. The SMILES string of the molecule is COc1cc(N(C)C)ccc1C=NN(C(N)=S)[C@H]1CC2=CCC1C2. The van der Waals surface area contributed by atoms with Gasteiger partial charge in [-0.2, -0.15) is 5.10 Å².